The Morgan fingerprint density at radius 3 is 2.39 bits per heavy atom. The summed E-state index contributed by atoms with van der Waals surface area (Å²) in [4.78, 5) is 10.8. The van der Waals surface area contributed by atoms with Crippen LogP contribution in [-0.4, -0.2) is 13.4 Å². The third-order valence-electron chi connectivity index (χ3n) is 2.70. The number of hydrogen-bond donors (Lipinski definition) is 0. The molecule has 2 aromatic rings. The lowest BCUT2D eigenvalue weighted by Crippen LogP contribution is -1.90. The Balaban J connectivity index is 2.49. The van der Waals surface area contributed by atoms with Gasteiger partial charge in [-0.15, -0.1) is 0 Å². The van der Waals surface area contributed by atoms with Crippen molar-refractivity contribution in [2.75, 3.05) is 7.11 Å². The van der Waals surface area contributed by atoms with Crippen LogP contribution in [0.25, 0.3) is 5.57 Å². The number of allylic oxidation sites excluding steroid dienone is 1. The van der Waals surface area contributed by atoms with Crippen molar-refractivity contribution >= 4 is 11.9 Å². The Bertz CT molecular complexity index is 556. The smallest absolute Gasteiger partial charge is 0.143 e. The van der Waals surface area contributed by atoms with Crippen LogP contribution in [0.3, 0.4) is 0 Å². The molecule has 18 heavy (non-hydrogen) atoms. The summed E-state index contributed by atoms with van der Waals surface area (Å²) in [5, 5.41) is 0. The maximum Gasteiger partial charge on any atom is 0.143 e. The molecule has 0 heterocycles. The number of benzene rings is 2. The zero-order chi connectivity index (χ0) is 12.8. The van der Waals surface area contributed by atoms with Gasteiger partial charge in [0.2, 0.25) is 0 Å². The molecular weight excluding hydrogens is 224 g/mol. The molecule has 0 radical (unpaired) electrons. The van der Waals surface area contributed by atoms with Crippen LogP contribution < -0.4 is 4.74 Å². The van der Waals surface area contributed by atoms with Gasteiger partial charge in [0.25, 0.3) is 0 Å². The number of rotatable bonds is 4. The molecular formula is C16H14O2. The molecule has 2 nitrogen and oxygen atoms in total. The fourth-order valence-corrected chi connectivity index (χ4v) is 1.84. The number of methoxy groups -OCH3 is 1. The van der Waals surface area contributed by atoms with Gasteiger partial charge in [0.15, 0.2) is 0 Å². The molecule has 2 heteroatoms. The molecule has 0 unspecified atom stereocenters. The van der Waals surface area contributed by atoms with Gasteiger partial charge in [-0.25, -0.2) is 0 Å². The van der Waals surface area contributed by atoms with Crippen LogP contribution in [0.15, 0.2) is 60.7 Å². The predicted molar refractivity (Wildman–Crippen MR) is 72.6 cm³/mol. The lowest BCUT2D eigenvalue weighted by molar-refractivity contribution is -0.104. The summed E-state index contributed by atoms with van der Waals surface area (Å²) in [7, 11) is 1.63. The quantitative estimate of drug-likeness (QED) is 0.603. The van der Waals surface area contributed by atoms with Gasteiger partial charge in [-0.1, -0.05) is 42.5 Å². The van der Waals surface area contributed by atoms with Crippen LogP contribution in [0.2, 0.25) is 0 Å². The first kappa shape index (κ1) is 12.1. The van der Waals surface area contributed by atoms with Crippen molar-refractivity contribution in [1.82, 2.24) is 0 Å². The van der Waals surface area contributed by atoms with Crippen LogP contribution in [0, 0.1) is 0 Å². The highest BCUT2D eigenvalue weighted by Gasteiger charge is 2.05. The fourth-order valence-electron chi connectivity index (χ4n) is 1.84. The van der Waals surface area contributed by atoms with Gasteiger partial charge in [0, 0.05) is 0 Å². The Morgan fingerprint density at radius 1 is 1.00 bits per heavy atom. The minimum atomic E-state index is 0.778. The summed E-state index contributed by atoms with van der Waals surface area (Å²) in [6.45, 7) is 0. The fraction of sp³-hybridized carbons (Fsp3) is 0.0625. The first-order valence-electron chi connectivity index (χ1n) is 5.70. The Hall–Kier alpha value is -2.35. The first-order chi connectivity index (χ1) is 8.85. The molecule has 0 fully saturated rings. The monoisotopic (exact) mass is 238 g/mol. The Labute approximate surface area is 107 Å². The largest absolute Gasteiger partial charge is 0.497 e. The van der Waals surface area contributed by atoms with Gasteiger partial charge in [0.05, 0.1) is 7.11 Å². The van der Waals surface area contributed by atoms with Gasteiger partial charge >= 0.3 is 0 Å². The molecule has 0 atom stereocenters. The van der Waals surface area contributed by atoms with Crippen LogP contribution in [-0.2, 0) is 4.79 Å². The highest BCUT2D eigenvalue weighted by Crippen LogP contribution is 2.25. The topological polar surface area (TPSA) is 26.3 Å². The summed E-state index contributed by atoms with van der Waals surface area (Å²) in [6.07, 6.45) is 2.38. The Kier molecular flexibility index (Phi) is 3.92. The van der Waals surface area contributed by atoms with E-state index in [-0.39, 0.29) is 0 Å². The third-order valence-corrected chi connectivity index (χ3v) is 2.70. The van der Waals surface area contributed by atoms with Gasteiger partial charge in [-0.05, 0) is 34.9 Å². The van der Waals surface area contributed by atoms with Crippen molar-refractivity contribution < 1.29 is 9.53 Å². The zero-order valence-electron chi connectivity index (χ0n) is 10.2. The molecule has 0 bridgehead atoms. The zero-order valence-corrected chi connectivity index (χ0v) is 10.2. The van der Waals surface area contributed by atoms with Crippen molar-refractivity contribution in [2.24, 2.45) is 0 Å². The number of carbonyl (C=O) groups is 1. The first-order valence-corrected chi connectivity index (χ1v) is 5.70. The average molecular weight is 238 g/mol. The molecule has 0 saturated carbocycles. The second-order valence-corrected chi connectivity index (χ2v) is 3.81. The van der Waals surface area contributed by atoms with Gasteiger partial charge in [-0.2, -0.15) is 0 Å². The number of aldehydes is 1. The molecule has 0 saturated heterocycles. The number of hydrogen-bond acceptors (Lipinski definition) is 2. The second-order valence-electron chi connectivity index (χ2n) is 3.81. The summed E-state index contributed by atoms with van der Waals surface area (Å²) in [6, 6.07) is 17.5. The van der Waals surface area contributed by atoms with E-state index in [2.05, 4.69) is 0 Å². The molecule has 0 aliphatic rings. The lowest BCUT2D eigenvalue weighted by Gasteiger charge is -2.08. The van der Waals surface area contributed by atoms with E-state index >= 15 is 0 Å². The van der Waals surface area contributed by atoms with Crippen molar-refractivity contribution in [3.05, 3.63) is 71.8 Å². The molecule has 2 aromatic carbocycles. The van der Waals surface area contributed by atoms with E-state index < -0.39 is 0 Å². The minimum absolute atomic E-state index is 0.778. The second kappa shape index (κ2) is 5.82. The average Bonchev–Trinajstić information content (AvgIpc) is 2.46. The van der Waals surface area contributed by atoms with E-state index in [1.807, 2.05) is 54.6 Å². The summed E-state index contributed by atoms with van der Waals surface area (Å²) in [5.74, 6) is 0.778. The van der Waals surface area contributed by atoms with Crippen LogP contribution in [0.4, 0.5) is 0 Å². The van der Waals surface area contributed by atoms with Crippen molar-refractivity contribution in [3.63, 3.8) is 0 Å². The van der Waals surface area contributed by atoms with E-state index in [9.17, 15) is 4.79 Å². The summed E-state index contributed by atoms with van der Waals surface area (Å²) >= 11 is 0. The standard InChI is InChI=1S/C16H14O2/c1-18-15-9-5-8-14(12-15)16(10-11-17)13-6-3-2-4-7-13/h2-12H,1H3. The Morgan fingerprint density at radius 2 is 1.72 bits per heavy atom. The lowest BCUT2D eigenvalue weighted by atomic mass is 9.98. The van der Waals surface area contributed by atoms with Crippen molar-refractivity contribution in [3.8, 4) is 5.75 Å². The predicted octanol–water partition coefficient (Wildman–Crippen LogP) is 3.33. The minimum Gasteiger partial charge on any atom is -0.497 e. The van der Waals surface area contributed by atoms with Crippen molar-refractivity contribution in [1.29, 1.82) is 0 Å². The summed E-state index contributed by atoms with van der Waals surface area (Å²) in [5.41, 5.74) is 2.87. The highest BCUT2D eigenvalue weighted by molar-refractivity contribution is 5.89. The van der Waals surface area contributed by atoms with Crippen LogP contribution in [0.5, 0.6) is 5.75 Å². The van der Waals surface area contributed by atoms with E-state index in [1.54, 1.807) is 13.2 Å². The molecule has 0 N–H and O–H groups in total. The van der Waals surface area contributed by atoms with Crippen LogP contribution in [0.1, 0.15) is 11.1 Å². The van der Waals surface area contributed by atoms with Crippen molar-refractivity contribution in [2.45, 2.75) is 0 Å². The van der Waals surface area contributed by atoms with Gasteiger partial charge in [-0.3, -0.25) is 4.79 Å². The molecule has 2 rings (SSSR count). The molecule has 0 aliphatic heterocycles. The highest BCUT2D eigenvalue weighted by atomic mass is 16.5. The molecule has 0 aromatic heterocycles. The maximum absolute atomic E-state index is 10.8. The molecule has 0 spiro atoms. The number of carbonyl (C=O) groups excluding carboxylic acids is 1. The maximum atomic E-state index is 10.8. The molecule has 90 valence electrons. The third kappa shape index (κ3) is 2.66. The van der Waals surface area contributed by atoms with E-state index in [1.165, 1.54) is 0 Å². The van der Waals surface area contributed by atoms with E-state index in [0.717, 1.165) is 28.7 Å². The number of ether oxygens (including phenoxy) is 1. The van der Waals surface area contributed by atoms with E-state index in [4.69, 9.17) is 4.74 Å². The normalized spacial score (nSPS) is 11.1. The summed E-state index contributed by atoms with van der Waals surface area (Å²) < 4.78 is 5.20. The van der Waals surface area contributed by atoms with E-state index in [0.29, 0.717) is 0 Å². The SMILES string of the molecule is COc1cccc(C(=CC=O)c2ccccc2)c1. The van der Waals surface area contributed by atoms with Gasteiger partial charge < -0.3 is 4.74 Å². The van der Waals surface area contributed by atoms with Crippen LogP contribution >= 0.6 is 0 Å². The molecule has 0 aliphatic carbocycles. The molecule has 0 amide bonds. The van der Waals surface area contributed by atoms with Gasteiger partial charge in [0.1, 0.15) is 12.0 Å².